The molecule has 5 heteroatoms. The highest BCUT2D eigenvalue weighted by molar-refractivity contribution is 6.73. The van der Waals surface area contributed by atoms with E-state index in [1.165, 1.54) is 0 Å². The fourth-order valence-corrected chi connectivity index (χ4v) is 0.623. The normalized spacial score (nSPS) is 21.9. The van der Waals surface area contributed by atoms with Crippen LogP contribution in [0.1, 0.15) is 13.8 Å². The summed E-state index contributed by atoms with van der Waals surface area (Å²) in [7, 11) is 0. The zero-order valence-electron chi connectivity index (χ0n) is 5.61. The Kier molecular flexibility index (Phi) is 3.77. The maximum absolute atomic E-state index is 8.23. The molecular weight excluding hydrogens is 196 g/mol. The summed E-state index contributed by atoms with van der Waals surface area (Å²) in [5.74, 6) is 0. The highest BCUT2D eigenvalue weighted by Crippen LogP contribution is 2.27. The minimum atomic E-state index is -0.988. The van der Waals surface area contributed by atoms with E-state index in [1.54, 1.807) is 13.8 Å². The van der Waals surface area contributed by atoms with Gasteiger partial charge in [0.1, 0.15) is 4.87 Å². The van der Waals surface area contributed by atoms with Crippen LogP contribution < -0.4 is 0 Å². The summed E-state index contributed by atoms with van der Waals surface area (Å²) >= 11 is 16.8. The third kappa shape index (κ3) is 2.19. The van der Waals surface area contributed by atoms with Gasteiger partial charge in [-0.3, -0.25) is 0 Å². The van der Waals surface area contributed by atoms with Gasteiger partial charge < -0.3 is 5.21 Å². The summed E-state index contributed by atoms with van der Waals surface area (Å²) in [6, 6.07) is 0. The topological polar surface area (TPSA) is 32.6 Å². The maximum atomic E-state index is 8.23. The summed E-state index contributed by atoms with van der Waals surface area (Å²) in [5, 5.41) is 10.5. The molecule has 0 fully saturated rings. The zero-order chi connectivity index (χ0) is 8.36. The van der Waals surface area contributed by atoms with Gasteiger partial charge in [0.15, 0.2) is 5.17 Å². The molecule has 0 spiro atoms. The molecule has 0 aromatic heterocycles. The Morgan fingerprint density at radius 3 is 2.20 bits per heavy atom. The van der Waals surface area contributed by atoms with Gasteiger partial charge in [-0.1, -0.05) is 16.8 Å². The molecule has 2 nitrogen and oxygen atoms in total. The van der Waals surface area contributed by atoms with E-state index in [-0.39, 0.29) is 5.17 Å². The lowest BCUT2D eigenvalue weighted by atomic mass is 10.1. The van der Waals surface area contributed by atoms with E-state index in [0.29, 0.717) is 0 Å². The van der Waals surface area contributed by atoms with Crippen LogP contribution in [-0.4, -0.2) is 20.6 Å². The first-order valence-electron chi connectivity index (χ1n) is 2.64. The molecule has 0 aromatic rings. The molecule has 2 atom stereocenters. The number of hydrogen-bond acceptors (Lipinski definition) is 2. The van der Waals surface area contributed by atoms with E-state index < -0.39 is 10.3 Å². The molecule has 1 N–H and O–H groups in total. The predicted molar refractivity (Wildman–Crippen MR) is 44.6 cm³/mol. The van der Waals surface area contributed by atoms with Crippen molar-refractivity contribution in [2.45, 2.75) is 24.1 Å². The predicted octanol–water partition coefficient (Wildman–Crippen LogP) is 2.64. The number of alkyl halides is 2. The first-order chi connectivity index (χ1) is 4.42. The van der Waals surface area contributed by atoms with E-state index in [4.69, 9.17) is 40.0 Å². The number of oxime groups is 1. The lowest BCUT2D eigenvalue weighted by molar-refractivity contribution is 0.318. The van der Waals surface area contributed by atoms with Gasteiger partial charge in [-0.15, -0.1) is 23.2 Å². The van der Waals surface area contributed by atoms with E-state index in [0.717, 1.165) is 0 Å². The van der Waals surface area contributed by atoms with Gasteiger partial charge in [-0.25, -0.2) is 0 Å². The average Bonchev–Trinajstić information content (AvgIpc) is 1.86. The molecule has 2 unspecified atom stereocenters. The van der Waals surface area contributed by atoms with Gasteiger partial charge in [0, 0.05) is 0 Å². The SMILES string of the molecule is CC(Cl)C(C)(Cl)C(Cl)=NO. The van der Waals surface area contributed by atoms with Crippen molar-refractivity contribution in [1.82, 2.24) is 0 Å². The summed E-state index contributed by atoms with van der Waals surface area (Å²) in [5.41, 5.74) is 0. The van der Waals surface area contributed by atoms with Crippen LogP contribution >= 0.6 is 34.8 Å². The first kappa shape index (κ1) is 10.3. The molecule has 0 saturated carbocycles. The van der Waals surface area contributed by atoms with E-state index in [2.05, 4.69) is 5.16 Å². The zero-order valence-corrected chi connectivity index (χ0v) is 7.87. The van der Waals surface area contributed by atoms with E-state index >= 15 is 0 Å². The lowest BCUT2D eigenvalue weighted by Gasteiger charge is -2.21. The van der Waals surface area contributed by atoms with E-state index in [1.807, 2.05) is 0 Å². The quantitative estimate of drug-likeness (QED) is 0.319. The van der Waals surface area contributed by atoms with Gasteiger partial charge in [-0.05, 0) is 13.8 Å². The van der Waals surface area contributed by atoms with Crippen molar-refractivity contribution in [1.29, 1.82) is 0 Å². The molecule has 0 amide bonds. The van der Waals surface area contributed by atoms with Gasteiger partial charge in [0.25, 0.3) is 0 Å². The molecule has 0 aromatic carbocycles. The molecule has 0 radical (unpaired) electrons. The van der Waals surface area contributed by atoms with Gasteiger partial charge in [-0.2, -0.15) is 0 Å². The van der Waals surface area contributed by atoms with Gasteiger partial charge in [0.05, 0.1) is 5.38 Å². The summed E-state index contributed by atoms with van der Waals surface area (Å²) in [6.07, 6.45) is 0. The Hall–Kier alpha value is 0.340. The largest absolute Gasteiger partial charge is 0.410 e. The molecule has 0 heterocycles. The van der Waals surface area contributed by atoms with Crippen molar-refractivity contribution in [2.75, 3.05) is 0 Å². The van der Waals surface area contributed by atoms with Crippen molar-refractivity contribution in [3.05, 3.63) is 0 Å². The van der Waals surface area contributed by atoms with Crippen LogP contribution in [0, 0.1) is 0 Å². The molecule has 60 valence electrons. The fraction of sp³-hybridized carbons (Fsp3) is 0.800. The van der Waals surface area contributed by atoms with Crippen LogP contribution in [0.5, 0.6) is 0 Å². The molecule has 0 rings (SSSR count). The van der Waals surface area contributed by atoms with Gasteiger partial charge >= 0.3 is 0 Å². The van der Waals surface area contributed by atoms with Crippen LogP contribution in [0.15, 0.2) is 5.16 Å². The molecule has 0 aliphatic carbocycles. The Morgan fingerprint density at radius 1 is 1.70 bits per heavy atom. The molecule has 0 bridgehead atoms. The summed E-state index contributed by atoms with van der Waals surface area (Å²) in [6.45, 7) is 3.25. The van der Waals surface area contributed by atoms with Gasteiger partial charge in [0.2, 0.25) is 0 Å². The number of halogens is 3. The summed E-state index contributed by atoms with van der Waals surface area (Å²) < 4.78 is 0. The Bertz CT molecular complexity index is 144. The fourth-order valence-electron chi connectivity index (χ4n) is 0.262. The van der Waals surface area contributed by atoms with Crippen LogP contribution in [0.4, 0.5) is 0 Å². The molecule has 0 saturated heterocycles. The second-order valence-corrected chi connectivity index (χ2v) is 3.88. The standard InChI is InChI=1S/C5H8Cl3NO/c1-3(6)5(2,8)4(7)9-10/h3,10H,1-2H3. The van der Waals surface area contributed by atoms with Crippen LogP contribution in [0.2, 0.25) is 0 Å². The number of nitrogens with zero attached hydrogens (tertiary/aromatic N) is 1. The minimum Gasteiger partial charge on any atom is -0.410 e. The van der Waals surface area contributed by atoms with E-state index in [9.17, 15) is 0 Å². The molecule has 0 aliphatic heterocycles. The highest BCUT2D eigenvalue weighted by Gasteiger charge is 2.32. The minimum absolute atomic E-state index is 0.100. The molecule has 10 heavy (non-hydrogen) atoms. The average molecular weight is 204 g/mol. The van der Waals surface area contributed by atoms with Crippen molar-refractivity contribution in [3.8, 4) is 0 Å². The van der Waals surface area contributed by atoms with Crippen molar-refractivity contribution in [3.63, 3.8) is 0 Å². The third-order valence-corrected chi connectivity index (χ3v) is 2.86. The highest BCUT2D eigenvalue weighted by atomic mass is 35.5. The number of hydrogen-bond donors (Lipinski definition) is 1. The number of rotatable bonds is 2. The van der Waals surface area contributed by atoms with Crippen LogP contribution in [-0.2, 0) is 0 Å². The maximum Gasteiger partial charge on any atom is 0.167 e. The van der Waals surface area contributed by atoms with Crippen LogP contribution in [0.3, 0.4) is 0 Å². The monoisotopic (exact) mass is 203 g/mol. The van der Waals surface area contributed by atoms with Crippen molar-refractivity contribution < 1.29 is 5.21 Å². The molecule has 0 aliphatic rings. The van der Waals surface area contributed by atoms with Crippen LogP contribution in [0.25, 0.3) is 0 Å². The van der Waals surface area contributed by atoms with Crippen molar-refractivity contribution >= 4 is 40.0 Å². The second-order valence-electron chi connectivity index (χ2n) is 2.08. The lowest BCUT2D eigenvalue weighted by Crippen LogP contribution is -2.33. The Balaban J connectivity index is 4.40. The molecular formula is C5H8Cl3NO. The first-order valence-corrected chi connectivity index (χ1v) is 3.83. The third-order valence-electron chi connectivity index (χ3n) is 1.24. The Morgan fingerprint density at radius 2 is 2.10 bits per heavy atom. The second kappa shape index (κ2) is 3.65. The summed E-state index contributed by atoms with van der Waals surface area (Å²) in [4.78, 5) is -0.988. The van der Waals surface area contributed by atoms with Crippen molar-refractivity contribution in [2.24, 2.45) is 5.16 Å². The Labute approximate surface area is 74.8 Å². The smallest absolute Gasteiger partial charge is 0.167 e.